The van der Waals surface area contributed by atoms with Gasteiger partial charge < -0.3 is 15.1 Å². The zero-order valence-corrected chi connectivity index (χ0v) is 16.2. The Hall–Kier alpha value is -2.53. The molecule has 2 aromatic rings. The van der Waals surface area contributed by atoms with Crippen LogP contribution in [0.15, 0.2) is 47.5 Å². The molecule has 5 nitrogen and oxygen atoms in total. The largest absolute Gasteiger partial charge is 0.353 e. The number of aliphatic imine (C=N–C) groups is 1. The van der Waals surface area contributed by atoms with Crippen molar-refractivity contribution in [2.75, 3.05) is 31.5 Å². The van der Waals surface area contributed by atoms with Crippen LogP contribution in [0.4, 0.5) is 17.1 Å². The van der Waals surface area contributed by atoms with E-state index in [2.05, 4.69) is 22.3 Å². The van der Waals surface area contributed by atoms with Gasteiger partial charge in [-0.1, -0.05) is 30.7 Å². The van der Waals surface area contributed by atoms with Crippen LogP contribution in [0.2, 0.25) is 5.02 Å². The van der Waals surface area contributed by atoms with E-state index in [1.165, 1.54) is 0 Å². The monoisotopic (exact) mass is 382 g/mol. The van der Waals surface area contributed by atoms with Crippen molar-refractivity contribution in [3.63, 3.8) is 0 Å². The average molecular weight is 383 g/mol. The summed E-state index contributed by atoms with van der Waals surface area (Å²) >= 11 is 6.20. The molecule has 0 spiro atoms. The number of fused-ring (bicyclic) bond motifs is 2. The van der Waals surface area contributed by atoms with Gasteiger partial charge >= 0.3 is 0 Å². The second-order valence-corrected chi connectivity index (χ2v) is 7.32. The molecule has 4 rings (SSSR count). The van der Waals surface area contributed by atoms with Gasteiger partial charge in [0.15, 0.2) is 0 Å². The maximum absolute atomic E-state index is 12.2. The maximum atomic E-state index is 12.2. The summed E-state index contributed by atoms with van der Waals surface area (Å²) in [5.41, 5.74) is 3.87. The summed E-state index contributed by atoms with van der Waals surface area (Å²) in [4.78, 5) is 21.4. The van der Waals surface area contributed by atoms with Crippen molar-refractivity contribution in [2.24, 2.45) is 4.99 Å². The second kappa shape index (κ2) is 7.61. The van der Waals surface area contributed by atoms with Crippen LogP contribution in [0.25, 0.3) is 0 Å². The Balaban J connectivity index is 1.65. The predicted octanol–water partition coefficient (Wildman–Crippen LogP) is 4.42. The Morgan fingerprint density at radius 3 is 2.67 bits per heavy atom. The molecular formula is C21H23ClN4O. The zero-order valence-electron chi connectivity index (χ0n) is 15.4. The first kappa shape index (κ1) is 17.9. The number of hydrogen-bond donors (Lipinski definition) is 1. The summed E-state index contributed by atoms with van der Waals surface area (Å²) in [7, 11) is 0. The highest BCUT2D eigenvalue weighted by molar-refractivity contribution is 6.31. The maximum Gasteiger partial charge on any atom is 0.222 e. The average Bonchev–Trinajstić information content (AvgIpc) is 2.85. The number of piperazine rings is 1. The number of halogens is 1. The van der Waals surface area contributed by atoms with E-state index in [0.717, 1.165) is 61.1 Å². The highest BCUT2D eigenvalue weighted by Crippen LogP contribution is 2.36. The number of benzene rings is 2. The molecule has 140 valence electrons. The standard InChI is InChI=1S/C21H23ClN4O/c1-2-5-20(27)25-10-12-26(13-11-25)21-16-6-3-4-7-17(16)23-18-9-8-15(22)14-19(18)24-21/h3-4,6-9,14,23H,2,5,10-13H2,1H3. The Labute approximate surface area is 164 Å². The zero-order chi connectivity index (χ0) is 18.8. The van der Waals surface area contributed by atoms with Crippen LogP contribution in [-0.4, -0.2) is 47.7 Å². The van der Waals surface area contributed by atoms with Crippen LogP contribution < -0.4 is 5.32 Å². The second-order valence-electron chi connectivity index (χ2n) is 6.89. The minimum atomic E-state index is 0.249. The van der Waals surface area contributed by atoms with Crippen molar-refractivity contribution in [3.05, 3.63) is 53.1 Å². The van der Waals surface area contributed by atoms with E-state index in [4.69, 9.17) is 16.6 Å². The molecule has 27 heavy (non-hydrogen) atoms. The summed E-state index contributed by atoms with van der Waals surface area (Å²) < 4.78 is 0. The van der Waals surface area contributed by atoms with Gasteiger partial charge in [0.05, 0.1) is 11.4 Å². The van der Waals surface area contributed by atoms with E-state index >= 15 is 0 Å². The summed E-state index contributed by atoms with van der Waals surface area (Å²) in [5, 5.41) is 4.14. The molecule has 1 saturated heterocycles. The molecule has 0 atom stereocenters. The van der Waals surface area contributed by atoms with Gasteiger partial charge in [0.2, 0.25) is 5.91 Å². The first-order valence-electron chi connectivity index (χ1n) is 9.43. The third kappa shape index (κ3) is 3.65. The number of rotatable bonds is 2. The number of para-hydroxylation sites is 1. The molecular weight excluding hydrogens is 360 g/mol. The van der Waals surface area contributed by atoms with Crippen molar-refractivity contribution in [3.8, 4) is 0 Å². The Kier molecular flexibility index (Phi) is 5.03. The fourth-order valence-electron chi connectivity index (χ4n) is 3.59. The highest BCUT2D eigenvalue weighted by Gasteiger charge is 2.26. The van der Waals surface area contributed by atoms with Gasteiger partial charge in [-0.05, 0) is 36.8 Å². The minimum absolute atomic E-state index is 0.249. The quantitative estimate of drug-likeness (QED) is 0.836. The van der Waals surface area contributed by atoms with Gasteiger partial charge in [-0.3, -0.25) is 4.79 Å². The van der Waals surface area contributed by atoms with Gasteiger partial charge in [0, 0.05) is 48.9 Å². The Morgan fingerprint density at radius 2 is 1.89 bits per heavy atom. The number of anilines is 2. The molecule has 1 amide bonds. The number of nitrogens with one attached hydrogen (secondary N) is 1. The third-order valence-electron chi connectivity index (χ3n) is 5.02. The highest BCUT2D eigenvalue weighted by atomic mass is 35.5. The predicted molar refractivity (Wildman–Crippen MR) is 110 cm³/mol. The van der Waals surface area contributed by atoms with Gasteiger partial charge in [-0.2, -0.15) is 0 Å². The van der Waals surface area contributed by atoms with Crippen LogP contribution in [0.3, 0.4) is 0 Å². The lowest BCUT2D eigenvalue weighted by molar-refractivity contribution is -0.132. The van der Waals surface area contributed by atoms with Crippen LogP contribution in [0.1, 0.15) is 25.3 Å². The molecule has 0 saturated carbocycles. The van der Waals surface area contributed by atoms with E-state index in [0.29, 0.717) is 11.4 Å². The molecule has 0 radical (unpaired) electrons. The molecule has 2 heterocycles. The fraction of sp³-hybridized carbons (Fsp3) is 0.333. The number of amides is 1. The smallest absolute Gasteiger partial charge is 0.222 e. The van der Waals surface area contributed by atoms with Crippen molar-refractivity contribution < 1.29 is 4.79 Å². The van der Waals surface area contributed by atoms with Crippen LogP contribution >= 0.6 is 11.6 Å². The van der Waals surface area contributed by atoms with Crippen molar-refractivity contribution in [2.45, 2.75) is 19.8 Å². The number of amidine groups is 1. The van der Waals surface area contributed by atoms with Gasteiger partial charge in [-0.25, -0.2) is 4.99 Å². The number of carbonyl (C=O) groups is 1. The Bertz CT molecular complexity index is 888. The molecule has 0 aliphatic carbocycles. The van der Waals surface area contributed by atoms with E-state index in [-0.39, 0.29) is 5.91 Å². The minimum Gasteiger partial charge on any atom is -0.353 e. The SMILES string of the molecule is CCCC(=O)N1CCN(C2=Nc3cc(Cl)ccc3Nc3ccccc32)CC1. The molecule has 2 aliphatic rings. The van der Waals surface area contributed by atoms with Crippen molar-refractivity contribution >= 4 is 40.4 Å². The van der Waals surface area contributed by atoms with Crippen LogP contribution in [0.5, 0.6) is 0 Å². The van der Waals surface area contributed by atoms with E-state index in [9.17, 15) is 4.79 Å². The first-order valence-corrected chi connectivity index (χ1v) is 9.81. The summed E-state index contributed by atoms with van der Waals surface area (Å²) in [6.45, 7) is 5.06. The molecule has 2 aromatic carbocycles. The molecule has 0 bridgehead atoms. The van der Waals surface area contributed by atoms with Gasteiger partial charge in [0.1, 0.15) is 5.84 Å². The first-order chi connectivity index (χ1) is 13.2. The topological polar surface area (TPSA) is 47.9 Å². The number of hydrogen-bond acceptors (Lipinski definition) is 4. The number of nitrogens with zero attached hydrogens (tertiary/aromatic N) is 3. The molecule has 6 heteroatoms. The van der Waals surface area contributed by atoms with E-state index in [1.54, 1.807) is 0 Å². The van der Waals surface area contributed by atoms with Gasteiger partial charge in [-0.15, -0.1) is 0 Å². The lowest BCUT2D eigenvalue weighted by Gasteiger charge is -2.36. The molecule has 2 aliphatic heterocycles. The lowest BCUT2D eigenvalue weighted by Crippen LogP contribution is -2.50. The summed E-state index contributed by atoms with van der Waals surface area (Å²) in [6, 6.07) is 13.9. The molecule has 1 fully saturated rings. The van der Waals surface area contributed by atoms with E-state index < -0.39 is 0 Å². The van der Waals surface area contributed by atoms with Crippen molar-refractivity contribution in [1.29, 1.82) is 0 Å². The Morgan fingerprint density at radius 1 is 1.11 bits per heavy atom. The summed E-state index contributed by atoms with van der Waals surface area (Å²) in [6.07, 6.45) is 1.52. The third-order valence-corrected chi connectivity index (χ3v) is 5.25. The van der Waals surface area contributed by atoms with Crippen LogP contribution in [0, 0.1) is 0 Å². The summed E-state index contributed by atoms with van der Waals surface area (Å²) in [5.74, 6) is 1.18. The molecule has 0 aromatic heterocycles. The number of carbonyl (C=O) groups excluding carboxylic acids is 1. The fourth-order valence-corrected chi connectivity index (χ4v) is 3.76. The normalized spacial score (nSPS) is 16.0. The van der Waals surface area contributed by atoms with Crippen LogP contribution in [-0.2, 0) is 4.79 Å². The van der Waals surface area contributed by atoms with Gasteiger partial charge in [0.25, 0.3) is 0 Å². The van der Waals surface area contributed by atoms with E-state index in [1.807, 2.05) is 42.2 Å². The lowest BCUT2D eigenvalue weighted by atomic mass is 10.1. The molecule has 1 N–H and O–H groups in total. The molecule has 0 unspecified atom stereocenters. The van der Waals surface area contributed by atoms with Crippen molar-refractivity contribution in [1.82, 2.24) is 9.80 Å².